The van der Waals surface area contributed by atoms with Crippen molar-refractivity contribution in [3.05, 3.63) is 27.5 Å². The molecule has 4 N–H and O–H groups in total. The van der Waals surface area contributed by atoms with Crippen molar-refractivity contribution in [1.29, 1.82) is 0 Å². The zero-order chi connectivity index (χ0) is 14.3. The molecule has 2 heterocycles. The number of aromatic amines is 1. The number of nitrogens with one attached hydrogen (secondary N) is 2. The molecule has 1 aliphatic rings. The second-order valence-electron chi connectivity index (χ2n) is 5.20. The number of nitrogens with zero attached hydrogens (tertiary/aromatic N) is 2. The zero-order valence-electron chi connectivity index (χ0n) is 11.4. The van der Waals surface area contributed by atoms with Gasteiger partial charge in [-0.15, -0.1) is 11.3 Å². The zero-order valence-corrected chi connectivity index (χ0v) is 12.3. The number of nitrogen functional groups attached to an aromatic ring is 1. The monoisotopic (exact) mass is 291 g/mol. The van der Waals surface area contributed by atoms with Crippen LogP contribution < -0.4 is 11.1 Å². The fourth-order valence-corrected chi connectivity index (χ4v) is 2.92. The third kappa shape index (κ3) is 2.40. The lowest BCUT2D eigenvalue weighted by atomic mass is 10.2. The van der Waals surface area contributed by atoms with Crippen molar-refractivity contribution in [1.82, 2.24) is 20.5 Å². The summed E-state index contributed by atoms with van der Waals surface area (Å²) in [4.78, 5) is 16.6. The van der Waals surface area contributed by atoms with E-state index in [-0.39, 0.29) is 17.6 Å². The number of carbonyl (C=O) groups excluding carboxylic acids is 1. The van der Waals surface area contributed by atoms with Crippen LogP contribution in [-0.2, 0) is 0 Å². The van der Waals surface area contributed by atoms with Gasteiger partial charge in [0.1, 0.15) is 5.01 Å². The van der Waals surface area contributed by atoms with E-state index >= 15 is 0 Å². The molecule has 3 rings (SSSR count). The van der Waals surface area contributed by atoms with Crippen molar-refractivity contribution in [3.8, 4) is 0 Å². The van der Waals surface area contributed by atoms with Crippen LogP contribution in [0.5, 0.6) is 0 Å². The Morgan fingerprint density at radius 2 is 2.35 bits per heavy atom. The van der Waals surface area contributed by atoms with E-state index in [1.807, 2.05) is 19.2 Å². The molecule has 7 heteroatoms. The second-order valence-corrected chi connectivity index (χ2v) is 6.09. The van der Waals surface area contributed by atoms with E-state index in [0.29, 0.717) is 11.6 Å². The number of amides is 1. The molecule has 20 heavy (non-hydrogen) atoms. The number of nitrogens with two attached hydrogens (primary N) is 1. The van der Waals surface area contributed by atoms with E-state index in [4.69, 9.17) is 5.73 Å². The molecule has 2 aromatic heterocycles. The Morgan fingerprint density at radius 3 is 2.95 bits per heavy atom. The number of hydrogen-bond donors (Lipinski definition) is 3. The average molecular weight is 291 g/mol. The number of hydrogen-bond acceptors (Lipinski definition) is 5. The molecule has 0 spiro atoms. The Balaban J connectivity index is 1.72. The molecule has 1 fully saturated rings. The van der Waals surface area contributed by atoms with E-state index < -0.39 is 0 Å². The fourth-order valence-electron chi connectivity index (χ4n) is 2.12. The van der Waals surface area contributed by atoms with Crippen LogP contribution in [0.25, 0.3) is 0 Å². The van der Waals surface area contributed by atoms with Gasteiger partial charge in [0.15, 0.2) is 5.69 Å². The van der Waals surface area contributed by atoms with Gasteiger partial charge in [0.25, 0.3) is 5.91 Å². The largest absolute Gasteiger partial charge is 0.395 e. The summed E-state index contributed by atoms with van der Waals surface area (Å²) in [6, 6.07) is -0.151. The summed E-state index contributed by atoms with van der Waals surface area (Å²) in [5.41, 5.74) is 8.62. The molecule has 0 radical (unpaired) electrons. The second kappa shape index (κ2) is 4.90. The quantitative estimate of drug-likeness (QED) is 0.804. The maximum atomic E-state index is 12.2. The SMILES string of the molecule is Cc1csc(C(C)NC(=O)c2n[nH]c(C3CC3)c2N)n1. The highest BCUT2D eigenvalue weighted by atomic mass is 32.1. The minimum atomic E-state index is -0.258. The number of rotatable bonds is 4. The van der Waals surface area contributed by atoms with Crippen molar-refractivity contribution >= 4 is 22.9 Å². The van der Waals surface area contributed by atoms with Gasteiger partial charge in [-0.2, -0.15) is 5.10 Å². The van der Waals surface area contributed by atoms with Gasteiger partial charge in [0, 0.05) is 17.0 Å². The summed E-state index contributed by atoms with van der Waals surface area (Å²) in [6.45, 7) is 3.84. The molecule has 1 atom stereocenters. The number of anilines is 1. The van der Waals surface area contributed by atoms with E-state index in [1.165, 1.54) is 11.3 Å². The number of thiazole rings is 1. The molecule has 0 aliphatic heterocycles. The van der Waals surface area contributed by atoms with Gasteiger partial charge in [0.2, 0.25) is 0 Å². The van der Waals surface area contributed by atoms with Crippen LogP contribution >= 0.6 is 11.3 Å². The molecule has 0 saturated heterocycles. The smallest absolute Gasteiger partial charge is 0.274 e. The summed E-state index contributed by atoms with van der Waals surface area (Å²) in [5, 5.41) is 12.7. The summed E-state index contributed by atoms with van der Waals surface area (Å²) in [6.07, 6.45) is 2.23. The van der Waals surface area contributed by atoms with Crippen LogP contribution in [0.4, 0.5) is 5.69 Å². The lowest BCUT2D eigenvalue weighted by Crippen LogP contribution is -2.27. The molecule has 1 aliphatic carbocycles. The van der Waals surface area contributed by atoms with Gasteiger partial charge in [-0.1, -0.05) is 0 Å². The normalized spacial score (nSPS) is 16.1. The molecule has 6 nitrogen and oxygen atoms in total. The molecule has 2 aromatic rings. The molecule has 0 aromatic carbocycles. The molecule has 0 bridgehead atoms. The number of carbonyl (C=O) groups is 1. The van der Waals surface area contributed by atoms with Crippen molar-refractivity contribution in [3.63, 3.8) is 0 Å². The molecular formula is C13H17N5OS. The molecular weight excluding hydrogens is 274 g/mol. The van der Waals surface area contributed by atoms with Gasteiger partial charge in [-0.25, -0.2) is 4.98 Å². The van der Waals surface area contributed by atoms with Gasteiger partial charge in [0.05, 0.1) is 17.4 Å². The standard InChI is InChI=1S/C13H17N5OS/c1-6-5-20-13(15-6)7(2)16-12(19)11-9(14)10(17-18-11)8-3-4-8/h5,7-8H,3-4,14H2,1-2H3,(H,16,19)(H,17,18). The van der Waals surface area contributed by atoms with Crippen molar-refractivity contribution in [2.24, 2.45) is 0 Å². The first kappa shape index (κ1) is 13.1. The first-order valence-corrected chi connectivity index (χ1v) is 7.51. The Morgan fingerprint density at radius 1 is 1.60 bits per heavy atom. The number of aromatic nitrogens is 3. The Hall–Kier alpha value is -1.89. The average Bonchev–Trinajstić information content (AvgIpc) is 3.03. The maximum absolute atomic E-state index is 12.2. The summed E-state index contributed by atoms with van der Waals surface area (Å²) < 4.78 is 0. The fraction of sp³-hybridized carbons (Fsp3) is 0.462. The van der Waals surface area contributed by atoms with Crippen LogP contribution in [0.2, 0.25) is 0 Å². The predicted molar refractivity (Wildman–Crippen MR) is 77.7 cm³/mol. The Kier molecular flexibility index (Phi) is 3.21. The minimum Gasteiger partial charge on any atom is -0.395 e. The molecule has 1 saturated carbocycles. The first-order chi connectivity index (χ1) is 9.56. The van der Waals surface area contributed by atoms with Crippen molar-refractivity contribution in [2.75, 3.05) is 5.73 Å². The lowest BCUT2D eigenvalue weighted by Gasteiger charge is -2.10. The predicted octanol–water partition coefficient (Wildman–Crippen LogP) is 2.13. The highest BCUT2D eigenvalue weighted by Crippen LogP contribution is 2.42. The minimum absolute atomic E-state index is 0.151. The van der Waals surface area contributed by atoms with Gasteiger partial charge in [-0.3, -0.25) is 9.89 Å². The molecule has 106 valence electrons. The van der Waals surface area contributed by atoms with E-state index in [1.54, 1.807) is 0 Å². The third-order valence-electron chi connectivity index (χ3n) is 3.39. The van der Waals surface area contributed by atoms with Crippen molar-refractivity contribution in [2.45, 2.75) is 38.6 Å². The van der Waals surface area contributed by atoms with Crippen LogP contribution in [-0.4, -0.2) is 21.1 Å². The third-order valence-corrected chi connectivity index (χ3v) is 4.53. The molecule has 1 unspecified atom stereocenters. The summed E-state index contributed by atoms with van der Waals surface area (Å²) in [5.74, 6) is 0.189. The van der Waals surface area contributed by atoms with Gasteiger partial charge < -0.3 is 11.1 Å². The topological polar surface area (TPSA) is 96.7 Å². The van der Waals surface area contributed by atoms with Crippen LogP contribution in [0, 0.1) is 6.92 Å². The van der Waals surface area contributed by atoms with Crippen LogP contribution in [0.1, 0.15) is 58.6 Å². The van der Waals surface area contributed by atoms with Crippen LogP contribution in [0.3, 0.4) is 0 Å². The van der Waals surface area contributed by atoms with E-state index in [9.17, 15) is 4.79 Å². The van der Waals surface area contributed by atoms with E-state index in [2.05, 4.69) is 20.5 Å². The number of H-pyrrole nitrogens is 1. The highest BCUT2D eigenvalue weighted by Gasteiger charge is 2.30. The van der Waals surface area contributed by atoms with Gasteiger partial charge >= 0.3 is 0 Å². The highest BCUT2D eigenvalue weighted by molar-refractivity contribution is 7.09. The summed E-state index contributed by atoms with van der Waals surface area (Å²) >= 11 is 1.53. The Bertz CT molecular complexity index is 643. The summed E-state index contributed by atoms with van der Waals surface area (Å²) in [7, 11) is 0. The van der Waals surface area contributed by atoms with Crippen LogP contribution in [0.15, 0.2) is 5.38 Å². The van der Waals surface area contributed by atoms with Crippen molar-refractivity contribution < 1.29 is 4.79 Å². The van der Waals surface area contributed by atoms with Gasteiger partial charge in [-0.05, 0) is 26.7 Å². The van der Waals surface area contributed by atoms with E-state index in [0.717, 1.165) is 29.2 Å². The lowest BCUT2D eigenvalue weighted by molar-refractivity contribution is 0.0935. The first-order valence-electron chi connectivity index (χ1n) is 6.63. The molecule has 1 amide bonds. The Labute approximate surface area is 120 Å². The number of aryl methyl sites for hydroxylation is 1. The maximum Gasteiger partial charge on any atom is 0.274 e.